The fourth-order valence-corrected chi connectivity index (χ4v) is 4.03. The van der Waals surface area contributed by atoms with Crippen LogP contribution in [0.2, 0.25) is 0 Å². The molecule has 1 fully saturated rings. The zero-order chi connectivity index (χ0) is 18.5. The number of likely N-dealkylation sites (tertiary alicyclic amines) is 1. The summed E-state index contributed by atoms with van der Waals surface area (Å²) in [5.74, 6) is -1.28. The minimum Gasteiger partial charge on any atom is -0.464 e. The molecule has 1 saturated heterocycles. The number of nitrogens with zero attached hydrogens (tertiary/aromatic N) is 1. The first-order valence-corrected chi connectivity index (χ1v) is 9.53. The van der Waals surface area contributed by atoms with Crippen LogP contribution in [0.3, 0.4) is 0 Å². The number of amides is 1. The van der Waals surface area contributed by atoms with E-state index < -0.39 is 18.0 Å². The maximum Gasteiger partial charge on any atom is 0.348 e. The third-order valence-corrected chi connectivity index (χ3v) is 5.43. The summed E-state index contributed by atoms with van der Waals surface area (Å²) in [5, 5.41) is 0.967. The highest BCUT2D eigenvalue weighted by Crippen LogP contribution is 2.26. The zero-order valence-electron chi connectivity index (χ0n) is 14.6. The van der Waals surface area contributed by atoms with Crippen molar-refractivity contribution >= 4 is 39.3 Å². The highest BCUT2D eigenvalue weighted by atomic mass is 32.1. The Morgan fingerprint density at radius 2 is 2.00 bits per heavy atom. The Balaban J connectivity index is 1.61. The minimum atomic E-state index is -0.584. The SMILES string of the molecule is CCOC(=O)[C@H]1CCCCN1C(=O)COC(=O)c1cc2ccccc2s1. The third kappa shape index (κ3) is 4.04. The Labute approximate surface area is 155 Å². The van der Waals surface area contributed by atoms with Gasteiger partial charge in [0.1, 0.15) is 10.9 Å². The molecule has 0 radical (unpaired) electrons. The Bertz CT molecular complexity index is 782. The summed E-state index contributed by atoms with van der Waals surface area (Å²) in [5.41, 5.74) is 0. The van der Waals surface area contributed by atoms with E-state index in [1.807, 2.05) is 24.3 Å². The average Bonchev–Trinajstić information content (AvgIpc) is 3.10. The van der Waals surface area contributed by atoms with Crippen molar-refractivity contribution in [1.82, 2.24) is 4.90 Å². The standard InChI is InChI=1S/C19H21NO5S/c1-2-24-18(22)14-8-5-6-10-20(14)17(21)12-25-19(23)16-11-13-7-3-4-9-15(13)26-16/h3-4,7,9,11,14H,2,5-6,8,10,12H2,1H3/t14-/m1/s1. The number of hydrogen-bond donors (Lipinski definition) is 0. The van der Waals surface area contributed by atoms with E-state index in [4.69, 9.17) is 9.47 Å². The van der Waals surface area contributed by atoms with Crippen LogP contribution in [0.4, 0.5) is 0 Å². The van der Waals surface area contributed by atoms with Crippen LogP contribution in [-0.2, 0) is 19.1 Å². The first-order chi connectivity index (χ1) is 12.6. The molecule has 2 aromatic rings. The summed E-state index contributed by atoms with van der Waals surface area (Å²) >= 11 is 1.33. The van der Waals surface area contributed by atoms with E-state index in [0.29, 0.717) is 17.8 Å². The van der Waals surface area contributed by atoms with Gasteiger partial charge in [0.05, 0.1) is 6.61 Å². The molecule has 0 N–H and O–H groups in total. The van der Waals surface area contributed by atoms with Crippen LogP contribution in [0.25, 0.3) is 10.1 Å². The molecule has 2 heterocycles. The molecule has 0 unspecified atom stereocenters. The molecule has 1 aromatic carbocycles. The molecule has 1 aromatic heterocycles. The average molecular weight is 375 g/mol. The molecule has 0 spiro atoms. The first kappa shape index (κ1) is 18.4. The highest BCUT2D eigenvalue weighted by Gasteiger charge is 2.33. The van der Waals surface area contributed by atoms with E-state index in [2.05, 4.69) is 0 Å². The lowest BCUT2D eigenvalue weighted by Crippen LogP contribution is -2.50. The van der Waals surface area contributed by atoms with Crippen molar-refractivity contribution in [2.75, 3.05) is 19.8 Å². The number of esters is 2. The van der Waals surface area contributed by atoms with Gasteiger partial charge in [0.25, 0.3) is 5.91 Å². The van der Waals surface area contributed by atoms with Crippen LogP contribution in [0, 0.1) is 0 Å². The summed E-state index contributed by atoms with van der Waals surface area (Å²) in [6.07, 6.45) is 2.27. The van der Waals surface area contributed by atoms with Crippen molar-refractivity contribution in [2.45, 2.75) is 32.2 Å². The molecule has 1 amide bonds. The van der Waals surface area contributed by atoms with Crippen molar-refractivity contribution in [3.8, 4) is 0 Å². The molecule has 0 aliphatic carbocycles. The van der Waals surface area contributed by atoms with Gasteiger partial charge in [-0.05, 0) is 43.7 Å². The molecule has 0 saturated carbocycles. The minimum absolute atomic E-state index is 0.276. The van der Waals surface area contributed by atoms with Crippen molar-refractivity contribution < 1.29 is 23.9 Å². The molecule has 26 heavy (non-hydrogen) atoms. The van der Waals surface area contributed by atoms with Crippen LogP contribution in [0.5, 0.6) is 0 Å². The molecule has 1 atom stereocenters. The van der Waals surface area contributed by atoms with Gasteiger partial charge in [-0.2, -0.15) is 0 Å². The summed E-state index contributed by atoms with van der Waals surface area (Å²) in [6, 6.07) is 8.84. The number of carbonyl (C=O) groups is 3. The van der Waals surface area contributed by atoms with Gasteiger partial charge < -0.3 is 14.4 Å². The first-order valence-electron chi connectivity index (χ1n) is 8.72. The van der Waals surface area contributed by atoms with E-state index in [9.17, 15) is 14.4 Å². The van der Waals surface area contributed by atoms with Crippen molar-refractivity contribution in [3.05, 3.63) is 35.2 Å². The number of thiophene rings is 1. The van der Waals surface area contributed by atoms with E-state index in [0.717, 1.165) is 22.9 Å². The maximum absolute atomic E-state index is 12.5. The highest BCUT2D eigenvalue weighted by molar-refractivity contribution is 7.20. The fraction of sp³-hybridized carbons (Fsp3) is 0.421. The number of benzene rings is 1. The predicted molar refractivity (Wildman–Crippen MR) is 98.1 cm³/mol. The number of ether oxygens (including phenoxy) is 2. The lowest BCUT2D eigenvalue weighted by Gasteiger charge is -2.33. The van der Waals surface area contributed by atoms with E-state index in [-0.39, 0.29) is 19.1 Å². The quantitative estimate of drug-likeness (QED) is 0.751. The fourth-order valence-electron chi connectivity index (χ4n) is 3.08. The monoisotopic (exact) mass is 375 g/mol. The van der Waals surface area contributed by atoms with Gasteiger partial charge in [0, 0.05) is 11.2 Å². The normalized spacial score (nSPS) is 17.1. The summed E-state index contributed by atoms with van der Waals surface area (Å²) in [4.78, 5) is 38.7. The number of carbonyl (C=O) groups excluding carboxylic acids is 3. The number of rotatable bonds is 5. The molecule has 138 valence electrons. The van der Waals surface area contributed by atoms with E-state index >= 15 is 0 Å². The molecule has 0 bridgehead atoms. The maximum atomic E-state index is 12.5. The van der Waals surface area contributed by atoms with E-state index in [1.165, 1.54) is 16.2 Å². The van der Waals surface area contributed by atoms with Crippen molar-refractivity contribution in [2.24, 2.45) is 0 Å². The van der Waals surface area contributed by atoms with Crippen LogP contribution >= 0.6 is 11.3 Å². The van der Waals surface area contributed by atoms with Crippen LogP contribution in [0.15, 0.2) is 30.3 Å². The molecule has 1 aliphatic heterocycles. The molecular formula is C19H21NO5S. The topological polar surface area (TPSA) is 72.9 Å². The second kappa shape index (κ2) is 8.31. The molecular weight excluding hydrogens is 354 g/mol. The Hall–Kier alpha value is -2.41. The molecule has 7 heteroatoms. The summed E-state index contributed by atoms with van der Waals surface area (Å²) in [6.45, 7) is 2.11. The Morgan fingerprint density at radius 1 is 1.19 bits per heavy atom. The number of fused-ring (bicyclic) bond motifs is 1. The van der Waals surface area contributed by atoms with Gasteiger partial charge >= 0.3 is 11.9 Å². The van der Waals surface area contributed by atoms with Crippen LogP contribution in [0.1, 0.15) is 35.9 Å². The van der Waals surface area contributed by atoms with Crippen molar-refractivity contribution in [3.63, 3.8) is 0 Å². The molecule has 6 nitrogen and oxygen atoms in total. The summed E-state index contributed by atoms with van der Waals surface area (Å²) < 4.78 is 11.2. The Kier molecular flexibility index (Phi) is 5.88. The van der Waals surface area contributed by atoms with Gasteiger partial charge in [-0.15, -0.1) is 11.3 Å². The largest absolute Gasteiger partial charge is 0.464 e. The van der Waals surface area contributed by atoms with Crippen molar-refractivity contribution in [1.29, 1.82) is 0 Å². The van der Waals surface area contributed by atoms with E-state index in [1.54, 1.807) is 13.0 Å². The molecule has 3 rings (SSSR count). The predicted octanol–water partition coefficient (Wildman–Crippen LogP) is 3.00. The van der Waals surface area contributed by atoms with Gasteiger partial charge in [0.2, 0.25) is 0 Å². The lowest BCUT2D eigenvalue weighted by atomic mass is 10.0. The van der Waals surface area contributed by atoms with Gasteiger partial charge in [-0.3, -0.25) is 4.79 Å². The smallest absolute Gasteiger partial charge is 0.348 e. The van der Waals surface area contributed by atoms with Crippen LogP contribution < -0.4 is 0 Å². The second-order valence-corrected chi connectivity index (χ2v) is 7.16. The van der Waals surface area contributed by atoms with Gasteiger partial charge in [0.15, 0.2) is 6.61 Å². The Morgan fingerprint density at radius 3 is 2.77 bits per heavy atom. The molecule has 1 aliphatic rings. The zero-order valence-corrected chi connectivity index (χ0v) is 15.4. The number of piperidine rings is 1. The van der Waals surface area contributed by atoms with Crippen LogP contribution in [-0.4, -0.2) is 48.5 Å². The second-order valence-electron chi connectivity index (χ2n) is 6.08. The number of hydrogen-bond acceptors (Lipinski definition) is 6. The van der Waals surface area contributed by atoms with Gasteiger partial charge in [-0.1, -0.05) is 18.2 Å². The lowest BCUT2D eigenvalue weighted by molar-refractivity contribution is -0.157. The third-order valence-electron chi connectivity index (χ3n) is 4.34. The van der Waals surface area contributed by atoms with Gasteiger partial charge in [-0.25, -0.2) is 9.59 Å². The summed E-state index contributed by atoms with van der Waals surface area (Å²) in [7, 11) is 0.